The van der Waals surface area contributed by atoms with E-state index in [0.29, 0.717) is 17.0 Å². The number of benzene rings is 2. The number of hydrogen-bond acceptors (Lipinski definition) is 6. The fraction of sp³-hybridized carbons (Fsp3) is 0.125. The first-order valence-electron chi connectivity index (χ1n) is 9.74. The normalized spacial score (nSPS) is 11.6. The number of hydrogen-bond donors (Lipinski definition) is 1. The third-order valence-corrected chi connectivity index (χ3v) is 6.36. The molecule has 0 spiro atoms. The van der Waals surface area contributed by atoms with Gasteiger partial charge in [-0.1, -0.05) is 66.7 Å². The van der Waals surface area contributed by atoms with Crippen molar-refractivity contribution in [1.29, 1.82) is 0 Å². The molecule has 4 aromatic rings. The van der Waals surface area contributed by atoms with Crippen molar-refractivity contribution in [1.82, 2.24) is 10.3 Å². The highest BCUT2D eigenvalue weighted by Crippen LogP contribution is 2.23. The Bertz CT molecular complexity index is 1130. The SMILES string of the molecule is O=C(N[C@@H](Cc1ccccc1)C(=O)OCc1csc(-c2ccccc2)n1)c1cccs1. The number of thiophene rings is 1. The van der Waals surface area contributed by atoms with E-state index in [0.717, 1.165) is 16.1 Å². The average Bonchev–Trinajstić information content (AvgIpc) is 3.51. The number of thiazole rings is 1. The second kappa shape index (κ2) is 10.1. The molecular formula is C24H20N2O3S2. The van der Waals surface area contributed by atoms with Crippen LogP contribution >= 0.6 is 22.7 Å². The van der Waals surface area contributed by atoms with Crippen LogP contribution in [0.25, 0.3) is 10.6 Å². The monoisotopic (exact) mass is 448 g/mol. The average molecular weight is 449 g/mol. The maximum atomic E-state index is 12.8. The van der Waals surface area contributed by atoms with Crippen molar-refractivity contribution in [2.75, 3.05) is 0 Å². The Hall–Kier alpha value is -3.29. The van der Waals surface area contributed by atoms with Gasteiger partial charge >= 0.3 is 5.97 Å². The number of nitrogens with zero attached hydrogens (tertiary/aromatic N) is 1. The van der Waals surface area contributed by atoms with Gasteiger partial charge in [0.2, 0.25) is 0 Å². The molecule has 1 amide bonds. The van der Waals surface area contributed by atoms with Crippen LogP contribution in [-0.2, 0) is 22.6 Å². The number of ether oxygens (including phenoxy) is 1. The summed E-state index contributed by atoms with van der Waals surface area (Å²) in [4.78, 5) is 30.5. The van der Waals surface area contributed by atoms with Crippen molar-refractivity contribution < 1.29 is 14.3 Å². The largest absolute Gasteiger partial charge is 0.458 e. The van der Waals surface area contributed by atoms with Gasteiger partial charge in [-0.15, -0.1) is 22.7 Å². The van der Waals surface area contributed by atoms with Gasteiger partial charge < -0.3 is 10.1 Å². The molecule has 0 radical (unpaired) electrons. The van der Waals surface area contributed by atoms with Crippen LogP contribution < -0.4 is 5.32 Å². The maximum Gasteiger partial charge on any atom is 0.329 e. The van der Waals surface area contributed by atoms with Crippen molar-refractivity contribution >= 4 is 34.6 Å². The van der Waals surface area contributed by atoms with Gasteiger partial charge in [0.05, 0.1) is 10.6 Å². The summed E-state index contributed by atoms with van der Waals surface area (Å²) < 4.78 is 5.52. The zero-order valence-electron chi connectivity index (χ0n) is 16.6. The van der Waals surface area contributed by atoms with E-state index in [-0.39, 0.29) is 12.5 Å². The third-order valence-electron chi connectivity index (χ3n) is 4.55. The quantitative estimate of drug-likeness (QED) is 0.387. The molecule has 0 fully saturated rings. The van der Waals surface area contributed by atoms with E-state index in [9.17, 15) is 9.59 Å². The van der Waals surface area contributed by atoms with Gasteiger partial charge in [-0.3, -0.25) is 4.79 Å². The van der Waals surface area contributed by atoms with Crippen molar-refractivity contribution in [2.45, 2.75) is 19.1 Å². The Morgan fingerprint density at radius 1 is 0.935 bits per heavy atom. The molecule has 2 aromatic heterocycles. The van der Waals surface area contributed by atoms with Gasteiger partial charge in [0.25, 0.3) is 5.91 Å². The molecule has 2 aromatic carbocycles. The fourth-order valence-electron chi connectivity index (χ4n) is 3.01. The molecular weight excluding hydrogens is 428 g/mol. The summed E-state index contributed by atoms with van der Waals surface area (Å²) in [5.74, 6) is -0.768. The van der Waals surface area contributed by atoms with E-state index in [4.69, 9.17) is 4.74 Å². The number of carbonyl (C=O) groups is 2. The standard InChI is InChI=1S/C24H20N2O3S2/c27-22(21-12-7-13-30-21)26-20(14-17-8-3-1-4-9-17)24(28)29-15-19-16-31-23(25-19)18-10-5-2-6-11-18/h1-13,16,20H,14-15H2,(H,26,27)/t20-/m0/s1. The van der Waals surface area contributed by atoms with Crippen LogP contribution in [0.2, 0.25) is 0 Å². The summed E-state index contributed by atoms with van der Waals surface area (Å²) in [6, 6.07) is 22.2. The van der Waals surface area contributed by atoms with Crippen LogP contribution in [0.1, 0.15) is 20.9 Å². The Morgan fingerprint density at radius 2 is 1.68 bits per heavy atom. The highest BCUT2D eigenvalue weighted by molar-refractivity contribution is 7.13. The van der Waals surface area contributed by atoms with Crippen molar-refractivity contribution in [3.05, 3.63) is 99.7 Å². The van der Waals surface area contributed by atoms with Crippen LogP contribution in [0.4, 0.5) is 0 Å². The summed E-state index contributed by atoms with van der Waals surface area (Å²) in [7, 11) is 0. The first-order chi connectivity index (χ1) is 15.2. The van der Waals surface area contributed by atoms with Gasteiger partial charge in [0.1, 0.15) is 17.7 Å². The predicted octanol–water partition coefficient (Wildman–Crippen LogP) is 4.96. The van der Waals surface area contributed by atoms with Crippen molar-refractivity contribution in [3.63, 3.8) is 0 Å². The van der Waals surface area contributed by atoms with Crippen LogP contribution in [0, 0.1) is 0 Å². The van der Waals surface area contributed by atoms with E-state index in [1.54, 1.807) is 12.1 Å². The molecule has 31 heavy (non-hydrogen) atoms. The van der Waals surface area contributed by atoms with Gasteiger partial charge in [0, 0.05) is 17.4 Å². The molecule has 0 saturated heterocycles. The smallest absolute Gasteiger partial charge is 0.329 e. The second-order valence-corrected chi connectivity index (χ2v) is 8.62. The van der Waals surface area contributed by atoms with Gasteiger partial charge in [-0.25, -0.2) is 9.78 Å². The summed E-state index contributed by atoms with van der Waals surface area (Å²) in [5.41, 5.74) is 2.64. The van der Waals surface area contributed by atoms with Crippen LogP contribution in [0.3, 0.4) is 0 Å². The highest BCUT2D eigenvalue weighted by Gasteiger charge is 2.24. The molecule has 0 aliphatic heterocycles. The fourth-order valence-corrected chi connectivity index (χ4v) is 4.45. The maximum absolute atomic E-state index is 12.8. The summed E-state index contributed by atoms with van der Waals surface area (Å²) in [5, 5.41) is 7.39. The molecule has 0 bridgehead atoms. The number of nitrogens with one attached hydrogen (secondary N) is 1. The zero-order valence-corrected chi connectivity index (χ0v) is 18.2. The molecule has 7 heteroatoms. The number of rotatable bonds is 8. The first kappa shape index (κ1) is 21.0. The van der Waals surface area contributed by atoms with E-state index in [2.05, 4.69) is 10.3 Å². The molecule has 0 aliphatic carbocycles. The van der Waals surface area contributed by atoms with Crippen LogP contribution in [0.5, 0.6) is 0 Å². The minimum Gasteiger partial charge on any atom is -0.458 e. The molecule has 4 rings (SSSR count). The number of esters is 1. The van der Waals surface area contributed by atoms with E-state index in [1.807, 2.05) is 71.4 Å². The lowest BCUT2D eigenvalue weighted by Gasteiger charge is -2.17. The van der Waals surface area contributed by atoms with Crippen molar-refractivity contribution in [3.8, 4) is 10.6 Å². The predicted molar refractivity (Wildman–Crippen MR) is 123 cm³/mol. The van der Waals surface area contributed by atoms with Crippen molar-refractivity contribution in [2.24, 2.45) is 0 Å². The number of carbonyl (C=O) groups excluding carboxylic acids is 2. The summed E-state index contributed by atoms with van der Waals surface area (Å²) in [6.45, 7) is 0.0579. The third kappa shape index (κ3) is 5.65. The molecule has 1 atom stereocenters. The Kier molecular flexibility index (Phi) is 6.86. The van der Waals surface area contributed by atoms with Crippen LogP contribution in [-0.4, -0.2) is 22.9 Å². The Morgan fingerprint density at radius 3 is 2.39 bits per heavy atom. The molecule has 1 N–H and O–H groups in total. The molecule has 0 unspecified atom stereocenters. The highest BCUT2D eigenvalue weighted by atomic mass is 32.1. The molecule has 5 nitrogen and oxygen atoms in total. The Labute approximate surface area is 188 Å². The van der Waals surface area contributed by atoms with Gasteiger partial charge in [-0.2, -0.15) is 0 Å². The molecule has 0 aliphatic rings. The number of aromatic nitrogens is 1. The van der Waals surface area contributed by atoms with Gasteiger partial charge in [0.15, 0.2) is 0 Å². The van der Waals surface area contributed by atoms with E-state index >= 15 is 0 Å². The number of amides is 1. The topological polar surface area (TPSA) is 68.3 Å². The molecule has 156 valence electrons. The molecule has 0 saturated carbocycles. The zero-order chi connectivity index (χ0) is 21.5. The minimum atomic E-state index is -0.788. The van der Waals surface area contributed by atoms with Crippen LogP contribution in [0.15, 0.2) is 83.6 Å². The van der Waals surface area contributed by atoms with E-state index in [1.165, 1.54) is 22.7 Å². The Balaban J connectivity index is 1.42. The summed E-state index contributed by atoms with van der Waals surface area (Å²) in [6.07, 6.45) is 0.350. The molecule has 2 heterocycles. The lowest BCUT2D eigenvalue weighted by atomic mass is 10.1. The first-order valence-corrected chi connectivity index (χ1v) is 11.5. The van der Waals surface area contributed by atoms with Gasteiger partial charge in [-0.05, 0) is 17.0 Å². The second-order valence-electron chi connectivity index (χ2n) is 6.81. The lowest BCUT2D eigenvalue weighted by molar-refractivity contribution is -0.147. The minimum absolute atomic E-state index is 0.0579. The van der Waals surface area contributed by atoms with E-state index < -0.39 is 12.0 Å². The summed E-state index contributed by atoms with van der Waals surface area (Å²) >= 11 is 2.83. The lowest BCUT2D eigenvalue weighted by Crippen LogP contribution is -2.43.